The van der Waals surface area contributed by atoms with Crippen LogP contribution in [0, 0.1) is 0 Å². The summed E-state index contributed by atoms with van der Waals surface area (Å²) in [5.41, 5.74) is 1.58. The molecule has 272 valence electrons. The summed E-state index contributed by atoms with van der Waals surface area (Å²) in [4.78, 5) is 56.2. The SMILES string of the molecule is C=CCCCCOc1cc2c(cc1OCCCOc1cc3c(cc1OCCCCC=C)C(=O)N1CCC[C@H]1C(=O)N3)NC(=O)C1CCCN1C2=O. The maximum Gasteiger partial charge on any atom is 0.256 e. The third-order valence-electron chi connectivity index (χ3n) is 9.70. The number of nitrogens with zero attached hydrogens (tertiary/aromatic N) is 2. The Morgan fingerprint density at radius 2 is 0.980 bits per heavy atom. The van der Waals surface area contributed by atoms with Gasteiger partial charge in [0.1, 0.15) is 12.1 Å². The largest absolute Gasteiger partial charge is 0.490 e. The minimum absolute atomic E-state index is 0.194. The molecule has 2 atom stereocenters. The van der Waals surface area contributed by atoms with E-state index in [-0.39, 0.29) is 36.8 Å². The van der Waals surface area contributed by atoms with Gasteiger partial charge in [0.25, 0.3) is 11.8 Å². The van der Waals surface area contributed by atoms with Crippen LogP contribution < -0.4 is 29.6 Å². The number of hydrogen-bond donors (Lipinski definition) is 2. The Labute approximate surface area is 299 Å². The van der Waals surface area contributed by atoms with Crippen molar-refractivity contribution >= 4 is 35.0 Å². The Kier molecular flexibility index (Phi) is 11.8. The summed E-state index contributed by atoms with van der Waals surface area (Å²) in [5.74, 6) is 0.926. The van der Waals surface area contributed by atoms with Crippen molar-refractivity contribution in [3.05, 3.63) is 60.7 Å². The number of unbranched alkanes of at least 4 members (excludes halogenated alkanes) is 4. The quantitative estimate of drug-likeness (QED) is 0.140. The van der Waals surface area contributed by atoms with Crippen molar-refractivity contribution < 1.29 is 38.1 Å². The molecule has 0 aromatic heterocycles. The number of allylic oxidation sites excluding steroid dienone is 2. The van der Waals surface area contributed by atoms with Crippen LogP contribution in [0.15, 0.2) is 49.6 Å². The van der Waals surface area contributed by atoms with Crippen LogP contribution in [0.5, 0.6) is 23.0 Å². The molecule has 2 fully saturated rings. The first-order chi connectivity index (χ1) is 24.9. The lowest BCUT2D eigenvalue weighted by atomic mass is 10.1. The predicted molar refractivity (Wildman–Crippen MR) is 193 cm³/mol. The van der Waals surface area contributed by atoms with E-state index < -0.39 is 12.1 Å². The average molecular weight is 701 g/mol. The molecule has 4 amide bonds. The molecule has 4 aliphatic rings. The third kappa shape index (κ3) is 8.16. The molecule has 0 spiro atoms. The van der Waals surface area contributed by atoms with Gasteiger partial charge in [-0.2, -0.15) is 0 Å². The summed E-state index contributed by atoms with van der Waals surface area (Å²) >= 11 is 0. The number of amides is 4. The van der Waals surface area contributed by atoms with Crippen LogP contribution in [-0.2, 0) is 9.59 Å². The highest BCUT2D eigenvalue weighted by atomic mass is 16.5. The third-order valence-corrected chi connectivity index (χ3v) is 9.70. The Morgan fingerprint density at radius 1 is 0.588 bits per heavy atom. The van der Waals surface area contributed by atoms with Gasteiger partial charge in [-0.1, -0.05) is 12.2 Å². The van der Waals surface area contributed by atoms with Crippen molar-refractivity contribution in [3.8, 4) is 23.0 Å². The first kappa shape index (κ1) is 35.8. The van der Waals surface area contributed by atoms with E-state index in [9.17, 15) is 19.2 Å². The van der Waals surface area contributed by atoms with Crippen molar-refractivity contribution in [1.29, 1.82) is 0 Å². The molecule has 0 radical (unpaired) electrons. The lowest BCUT2D eigenvalue weighted by Crippen LogP contribution is -2.40. The molecule has 12 heteroatoms. The van der Waals surface area contributed by atoms with Gasteiger partial charge in [0, 0.05) is 31.6 Å². The van der Waals surface area contributed by atoms with Gasteiger partial charge >= 0.3 is 0 Å². The fraction of sp³-hybridized carbons (Fsp3) is 0.487. The van der Waals surface area contributed by atoms with E-state index in [1.165, 1.54) is 0 Å². The van der Waals surface area contributed by atoms with Gasteiger partial charge in [-0.25, -0.2) is 0 Å². The van der Waals surface area contributed by atoms with Gasteiger partial charge in [0.05, 0.1) is 48.9 Å². The summed E-state index contributed by atoms with van der Waals surface area (Å²) in [6.07, 6.45) is 12.3. The molecule has 1 unspecified atom stereocenters. The van der Waals surface area contributed by atoms with Crippen molar-refractivity contribution in [3.63, 3.8) is 0 Å². The van der Waals surface area contributed by atoms with Gasteiger partial charge in [0.2, 0.25) is 11.8 Å². The first-order valence-electron chi connectivity index (χ1n) is 18.2. The number of fused-ring (bicyclic) bond motifs is 4. The monoisotopic (exact) mass is 700 g/mol. The maximum atomic E-state index is 13.5. The topological polar surface area (TPSA) is 136 Å². The van der Waals surface area contributed by atoms with E-state index in [1.807, 2.05) is 12.2 Å². The fourth-order valence-corrected chi connectivity index (χ4v) is 7.01. The second-order valence-corrected chi connectivity index (χ2v) is 13.3. The Hall–Kier alpha value is -5.00. The highest BCUT2D eigenvalue weighted by molar-refractivity contribution is 6.11. The van der Waals surface area contributed by atoms with E-state index >= 15 is 0 Å². The fourth-order valence-electron chi connectivity index (χ4n) is 7.01. The molecular formula is C39H48N4O8. The number of carbonyl (C=O) groups excluding carboxylic acids is 4. The number of carbonyl (C=O) groups is 4. The molecule has 2 N–H and O–H groups in total. The molecule has 6 rings (SSSR count). The van der Waals surface area contributed by atoms with E-state index in [1.54, 1.807) is 34.1 Å². The molecular weight excluding hydrogens is 652 g/mol. The smallest absolute Gasteiger partial charge is 0.256 e. The van der Waals surface area contributed by atoms with Crippen LogP contribution in [0.1, 0.15) is 91.3 Å². The summed E-state index contributed by atoms with van der Waals surface area (Å²) < 4.78 is 24.6. The maximum absolute atomic E-state index is 13.5. The summed E-state index contributed by atoms with van der Waals surface area (Å²) in [5, 5.41) is 5.87. The van der Waals surface area contributed by atoms with Crippen LogP contribution in [0.25, 0.3) is 0 Å². The van der Waals surface area contributed by atoms with Gasteiger partial charge in [-0.3, -0.25) is 19.2 Å². The van der Waals surface area contributed by atoms with Gasteiger partial charge < -0.3 is 39.4 Å². The highest BCUT2D eigenvalue weighted by Gasteiger charge is 2.40. The van der Waals surface area contributed by atoms with Crippen molar-refractivity contribution in [2.75, 3.05) is 50.2 Å². The number of rotatable bonds is 18. The zero-order valence-electron chi connectivity index (χ0n) is 29.2. The molecule has 2 saturated heterocycles. The molecule has 12 nitrogen and oxygen atoms in total. The Balaban J connectivity index is 1.15. The van der Waals surface area contributed by atoms with Crippen LogP contribution in [0.4, 0.5) is 11.4 Å². The van der Waals surface area contributed by atoms with E-state index in [4.69, 9.17) is 18.9 Å². The second kappa shape index (κ2) is 16.8. The van der Waals surface area contributed by atoms with E-state index in [0.717, 1.165) is 51.4 Å². The summed E-state index contributed by atoms with van der Waals surface area (Å²) in [7, 11) is 0. The van der Waals surface area contributed by atoms with Crippen molar-refractivity contribution in [2.24, 2.45) is 0 Å². The molecule has 4 aliphatic heterocycles. The lowest BCUT2D eigenvalue weighted by Gasteiger charge is -2.20. The lowest BCUT2D eigenvalue weighted by molar-refractivity contribution is -0.120. The van der Waals surface area contributed by atoms with Gasteiger partial charge in [-0.15, -0.1) is 13.2 Å². The normalized spacial score (nSPS) is 19.1. The predicted octanol–water partition coefficient (Wildman–Crippen LogP) is 6.12. The molecule has 2 aromatic carbocycles. The van der Waals surface area contributed by atoms with Gasteiger partial charge in [0.15, 0.2) is 23.0 Å². The molecule has 51 heavy (non-hydrogen) atoms. The standard InChI is InChI=1S/C39H48N4O8/c1-3-5-7-9-18-48-32-22-26-28(40-36(44)30-14-11-16-42(30)38(26)46)24-34(32)50-20-13-21-51-35-25-29-27(23-33(35)49-19-10-8-6-4-2)39(47)43-17-12-15-31(43)37(45)41-29/h3-4,22-25,30-31H,1-2,5-21H2,(H,40,44)(H,41,45)/t30-,31?/m0/s1. The van der Waals surface area contributed by atoms with Gasteiger partial charge in [-0.05, 0) is 76.3 Å². The van der Waals surface area contributed by atoms with Crippen LogP contribution in [-0.4, -0.2) is 85.0 Å². The number of hydrogen-bond acceptors (Lipinski definition) is 8. The second-order valence-electron chi connectivity index (χ2n) is 13.3. The molecule has 4 heterocycles. The number of anilines is 2. The van der Waals surface area contributed by atoms with Crippen LogP contribution in [0.3, 0.4) is 0 Å². The molecule has 0 aliphatic carbocycles. The summed E-state index contributed by atoms with van der Waals surface area (Å²) in [6, 6.07) is 5.73. The Bertz CT molecular complexity index is 1540. The van der Waals surface area contributed by atoms with E-state index in [0.29, 0.717) is 91.1 Å². The zero-order valence-corrected chi connectivity index (χ0v) is 29.2. The molecule has 2 aromatic rings. The molecule has 0 bridgehead atoms. The number of benzene rings is 2. The van der Waals surface area contributed by atoms with Crippen molar-refractivity contribution in [1.82, 2.24) is 9.80 Å². The summed E-state index contributed by atoms with van der Waals surface area (Å²) in [6.45, 7) is 10.00. The average Bonchev–Trinajstić information content (AvgIpc) is 3.80. The van der Waals surface area contributed by atoms with Crippen molar-refractivity contribution in [2.45, 2.75) is 82.7 Å². The molecule has 0 saturated carbocycles. The zero-order chi connectivity index (χ0) is 35.7. The number of nitrogens with one attached hydrogen (secondary N) is 2. The Morgan fingerprint density at radius 3 is 1.39 bits per heavy atom. The first-order valence-corrected chi connectivity index (χ1v) is 18.2. The van der Waals surface area contributed by atoms with E-state index in [2.05, 4.69) is 23.8 Å². The highest BCUT2D eigenvalue weighted by Crippen LogP contribution is 2.39. The van der Waals surface area contributed by atoms with Crippen LogP contribution in [0.2, 0.25) is 0 Å². The minimum Gasteiger partial charge on any atom is -0.490 e. The number of ether oxygens (including phenoxy) is 4. The van der Waals surface area contributed by atoms with Crippen LogP contribution >= 0.6 is 0 Å². The minimum atomic E-state index is -0.479.